The van der Waals surface area contributed by atoms with Gasteiger partial charge in [0, 0.05) is 24.2 Å². The Bertz CT molecular complexity index is 461. The fraction of sp³-hybridized carbons (Fsp3) is 0.500. The van der Waals surface area contributed by atoms with Gasteiger partial charge in [0.05, 0.1) is 5.38 Å². The molecule has 1 heterocycles. The Morgan fingerprint density at radius 1 is 1.50 bits per heavy atom. The minimum Gasteiger partial charge on any atom is -0.508 e. The summed E-state index contributed by atoms with van der Waals surface area (Å²) in [5.74, 6) is 0.565. The second kappa shape index (κ2) is 5.19. The number of rotatable bonds is 1. The first-order valence-electron chi connectivity index (χ1n) is 6.22. The van der Waals surface area contributed by atoms with Crippen LogP contribution in [0, 0.1) is 12.8 Å². The summed E-state index contributed by atoms with van der Waals surface area (Å²) in [7, 11) is 0. The first-order chi connectivity index (χ1) is 8.50. The Labute approximate surface area is 112 Å². The van der Waals surface area contributed by atoms with Crippen LogP contribution in [0.15, 0.2) is 18.2 Å². The Morgan fingerprint density at radius 2 is 2.22 bits per heavy atom. The molecule has 3 nitrogen and oxygen atoms in total. The van der Waals surface area contributed by atoms with Crippen LogP contribution in [0.1, 0.15) is 29.3 Å². The van der Waals surface area contributed by atoms with Crippen LogP contribution >= 0.6 is 11.6 Å². The SMILES string of the molecule is Cc1c(O)cccc1C(=O)N1CCC(C)C(Cl)C1. The topological polar surface area (TPSA) is 40.5 Å². The number of alkyl halides is 1. The normalized spacial score (nSPS) is 24.1. The number of aromatic hydroxyl groups is 1. The van der Waals surface area contributed by atoms with Crippen LogP contribution < -0.4 is 0 Å². The minimum absolute atomic E-state index is 0.0142. The van der Waals surface area contributed by atoms with Crippen LogP contribution in [-0.2, 0) is 0 Å². The van der Waals surface area contributed by atoms with Gasteiger partial charge in [0.15, 0.2) is 0 Å². The molecule has 2 unspecified atom stereocenters. The monoisotopic (exact) mass is 267 g/mol. The number of nitrogens with zero attached hydrogens (tertiary/aromatic N) is 1. The van der Waals surface area contributed by atoms with Crippen molar-refractivity contribution in [2.45, 2.75) is 25.6 Å². The van der Waals surface area contributed by atoms with Gasteiger partial charge in [0.1, 0.15) is 5.75 Å². The van der Waals surface area contributed by atoms with Crippen LogP contribution in [0.4, 0.5) is 0 Å². The predicted octanol–water partition coefficient (Wildman–Crippen LogP) is 2.79. The molecule has 2 atom stereocenters. The molecule has 1 saturated heterocycles. The second-order valence-corrected chi connectivity index (χ2v) is 5.54. The lowest BCUT2D eigenvalue weighted by Crippen LogP contribution is -2.44. The summed E-state index contributed by atoms with van der Waals surface area (Å²) in [5.41, 5.74) is 1.20. The first kappa shape index (κ1) is 13.2. The molecule has 2 rings (SSSR count). The number of phenolic OH excluding ortho intramolecular Hbond substituents is 1. The number of halogens is 1. The molecule has 0 radical (unpaired) electrons. The quantitative estimate of drug-likeness (QED) is 0.795. The van der Waals surface area contributed by atoms with E-state index in [0.717, 1.165) is 13.0 Å². The van der Waals surface area contributed by atoms with E-state index in [1.807, 2.05) is 0 Å². The summed E-state index contributed by atoms with van der Waals surface area (Å²) in [6.45, 7) is 5.18. The van der Waals surface area contributed by atoms with E-state index in [-0.39, 0.29) is 17.0 Å². The lowest BCUT2D eigenvalue weighted by Gasteiger charge is -2.34. The molecule has 4 heteroatoms. The second-order valence-electron chi connectivity index (χ2n) is 4.98. The van der Waals surface area contributed by atoms with E-state index in [0.29, 0.717) is 23.6 Å². The summed E-state index contributed by atoms with van der Waals surface area (Å²) >= 11 is 6.22. The summed E-state index contributed by atoms with van der Waals surface area (Å²) in [5, 5.41) is 9.66. The van der Waals surface area contributed by atoms with Crippen molar-refractivity contribution >= 4 is 17.5 Å². The lowest BCUT2D eigenvalue weighted by atomic mass is 9.97. The molecule has 1 N–H and O–H groups in total. The van der Waals surface area contributed by atoms with Crippen LogP contribution in [0.3, 0.4) is 0 Å². The van der Waals surface area contributed by atoms with Gasteiger partial charge < -0.3 is 10.0 Å². The van der Waals surface area contributed by atoms with Crippen LogP contribution in [-0.4, -0.2) is 34.4 Å². The maximum Gasteiger partial charge on any atom is 0.254 e. The lowest BCUT2D eigenvalue weighted by molar-refractivity contribution is 0.0700. The minimum atomic E-state index is -0.0408. The van der Waals surface area contributed by atoms with Crippen molar-refractivity contribution in [3.05, 3.63) is 29.3 Å². The molecular formula is C14H18ClNO2. The van der Waals surface area contributed by atoms with Crippen LogP contribution in [0.5, 0.6) is 5.75 Å². The summed E-state index contributed by atoms with van der Waals surface area (Å²) in [4.78, 5) is 14.2. The highest BCUT2D eigenvalue weighted by molar-refractivity contribution is 6.21. The number of hydrogen-bond acceptors (Lipinski definition) is 2. The van der Waals surface area contributed by atoms with Gasteiger partial charge >= 0.3 is 0 Å². The maximum atomic E-state index is 12.4. The molecule has 0 aliphatic carbocycles. The molecule has 1 aliphatic rings. The highest BCUT2D eigenvalue weighted by Gasteiger charge is 2.28. The van der Waals surface area contributed by atoms with E-state index >= 15 is 0 Å². The molecule has 1 aromatic carbocycles. The van der Waals surface area contributed by atoms with Crippen LogP contribution in [0.2, 0.25) is 0 Å². The maximum absolute atomic E-state index is 12.4. The zero-order valence-electron chi connectivity index (χ0n) is 10.7. The van der Waals surface area contributed by atoms with Gasteiger partial charge in [-0.25, -0.2) is 0 Å². The van der Waals surface area contributed by atoms with Gasteiger partial charge in [-0.15, -0.1) is 11.6 Å². The Balaban J connectivity index is 2.19. The van der Waals surface area contributed by atoms with Gasteiger partial charge in [-0.2, -0.15) is 0 Å². The molecule has 0 bridgehead atoms. The molecular weight excluding hydrogens is 250 g/mol. The van der Waals surface area contributed by atoms with E-state index < -0.39 is 0 Å². The molecule has 0 aromatic heterocycles. The zero-order chi connectivity index (χ0) is 13.3. The summed E-state index contributed by atoms with van der Waals surface area (Å²) < 4.78 is 0. The first-order valence-corrected chi connectivity index (χ1v) is 6.66. The molecule has 1 amide bonds. The fourth-order valence-electron chi connectivity index (χ4n) is 2.23. The van der Waals surface area contributed by atoms with Gasteiger partial charge in [-0.1, -0.05) is 13.0 Å². The number of carbonyl (C=O) groups excluding carboxylic acids is 1. The third-order valence-electron chi connectivity index (χ3n) is 3.69. The standard InChI is InChI=1S/C14H18ClNO2/c1-9-6-7-16(8-12(9)15)14(18)11-4-3-5-13(17)10(11)2/h3-5,9,12,17H,6-8H2,1-2H3. The highest BCUT2D eigenvalue weighted by atomic mass is 35.5. The predicted molar refractivity (Wildman–Crippen MR) is 72.2 cm³/mol. The Morgan fingerprint density at radius 3 is 2.89 bits per heavy atom. The molecule has 0 saturated carbocycles. The molecule has 1 fully saturated rings. The number of piperidine rings is 1. The third kappa shape index (κ3) is 2.46. The van der Waals surface area contributed by atoms with E-state index in [4.69, 9.17) is 11.6 Å². The molecule has 18 heavy (non-hydrogen) atoms. The van der Waals surface area contributed by atoms with E-state index in [1.165, 1.54) is 0 Å². The van der Waals surface area contributed by atoms with Gasteiger partial charge in [-0.3, -0.25) is 4.79 Å². The summed E-state index contributed by atoms with van der Waals surface area (Å²) in [6, 6.07) is 5.04. The fourth-order valence-corrected chi connectivity index (χ4v) is 2.52. The van der Waals surface area contributed by atoms with Crippen molar-refractivity contribution in [2.24, 2.45) is 5.92 Å². The van der Waals surface area contributed by atoms with Crippen molar-refractivity contribution < 1.29 is 9.90 Å². The molecule has 0 spiro atoms. The van der Waals surface area contributed by atoms with E-state index in [1.54, 1.807) is 30.0 Å². The molecule has 1 aliphatic heterocycles. The zero-order valence-corrected chi connectivity index (χ0v) is 11.4. The smallest absolute Gasteiger partial charge is 0.254 e. The van der Waals surface area contributed by atoms with E-state index in [9.17, 15) is 9.90 Å². The molecule has 1 aromatic rings. The van der Waals surface area contributed by atoms with Crippen molar-refractivity contribution in [3.8, 4) is 5.75 Å². The largest absolute Gasteiger partial charge is 0.508 e. The van der Waals surface area contributed by atoms with Gasteiger partial charge in [0.2, 0.25) is 0 Å². The Kier molecular flexibility index (Phi) is 3.81. The Hall–Kier alpha value is -1.22. The molecule has 98 valence electrons. The number of hydrogen-bond donors (Lipinski definition) is 1. The highest BCUT2D eigenvalue weighted by Crippen LogP contribution is 2.25. The van der Waals surface area contributed by atoms with Crippen molar-refractivity contribution in [1.82, 2.24) is 4.90 Å². The number of carbonyl (C=O) groups is 1. The van der Waals surface area contributed by atoms with Crippen molar-refractivity contribution in [2.75, 3.05) is 13.1 Å². The number of amides is 1. The van der Waals surface area contributed by atoms with Gasteiger partial charge in [-0.05, 0) is 31.4 Å². The number of likely N-dealkylation sites (tertiary alicyclic amines) is 1. The average Bonchev–Trinajstić information content (AvgIpc) is 2.35. The third-order valence-corrected chi connectivity index (χ3v) is 4.26. The number of phenols is 1. The van der Waals surface area contributed by atoms with Crippen LogP contribution in [0.25, 0.3) is 0 Å². The van der Waals surface area contributed by atoms with E-state index in [2.05, 4.69) is 6.92 Å². The summed E-state index contributed by atoms with van der Waals surface area (Å²) in [6.07, 6.45) is 0.928. The number of benzene rings is 1. The average molecular weight is 268 g/mol. The van der Waals surface area contributed by atoms with Crippen molar-refractivity contribution in [3.63, 3.8) is 0 Å². The van der Waals surface area contributed by atoms with Crippen molar-refractivity contribution in [1.29, 1.82) is 0 Å². The van der Waals surface area contributed by atoms with Gasteiger partial charge in [0.25, 0.3) is 5.91 Å².